The van der Waals surface area contributed by atoms with Gasteiger partial charge in [-0.15, -0.1) is 0 Å². The van der Waals surface area contributed by atoms with Crippen LogP contribution in [0.4, 0.5) is 0 Å². The van der Waals surface area contributed by atoms with E-state index in [4.69, 9.17) is 0 Å². The summed E-state index contributed by atoms with van der Waals surface area (Å²) in [6.07, 6.45) is 4.80. The fraction of sp³-hybridized carbons (Fsp3) is 0.333. The number of carbonyl (C=O) groups is 4. The number of imide groups is 2. The third kappa shape index (κ3) is 1.49. The lowest BCUT2D eigenvalue weighted by Crippen LogP contribution is -2.62. The molecule has 0 unspecified atom stereocenters. The first-order valence-corrected chi connectivity index (χ1v) is 5.54. The summed E-state index contributed by atoms with van der Waals surface area (Å²) in [5, 5.41) is 0. The summed E-state index contributed by atoms with van der Waals surface area (Å²) in [4.78, 5) is 48.7. The van der Waals surface area contributed by atoms with Crippen LogP contribution in [0.2, 0.25) is 0 Å². The molecule has 0 radical (unpaired) electrons. The molecule has 94 valence electrons. The molecule has 2 heterocycles. The highest BCUT2D eigenvalue weighted by atomic mass is 16.2. The molecule has 0 aromatic heterocycles. The van der Waals surface area contributed by atoms with Gasteiger partial charge in [0.2, 0.25) is 0 Å². The molecule has 6 nitrogen and oxygen atoms in total. The zero-order valence-corrected chi connectivity index (χ0v) is 10.0. The second-order valence-corrected chi connectivity index (χ2v) is 4.26. The minimum absolute atomic E-state index is 0.269. The zero-order valence-electron chi connectivity index (χ0n) is 10.0. The van der Waals surface area contributed by atoms with Gasteiger partial charge in [-0.25, -0.2) is 0 Å². The molecule has 0 saturated heterocycles. The molecule has 6 heteroatoms. The van der Waals surface area contributed by atoms with Crippen molar-refractivity contribution < 1.29 is 19.2 Å². The van der Waals surface area contributed by atoms with Gasteiger partial charge in [0, 0.05) is 24.3 Å². The Hall–Kier alpha value is -2.24. The van der Waals surface area contributed by atoms with Crippen LogP contribution < -0.4 is 0 Å². The smallest absolute Gasteiger partial charge is 0.255 e. The maximum atomic E-state index is 11.7. The van der Waals surface area contributed by atoms with Gasteiger partial charge >= 0.3 is 0 Å². The summed E-state index contributed by atoms with van der Waals surface area (Å²) in [7, 11) is 0. The van der Waals surface area contributed by atoms with E-state index in [1.165, 1.54) is 6.92 Å². The Labute approximate surface area is 104 Å². The Morgan fingerprint density at radius 2 is 1.11 bits per heavy atom. The fourth-order valence-corrected chi connectivity index (χ4v) is 2.17. The van der Waals surface area contributed by atoms with Crippen LogP contribution in [-0.4, -0.2) is 39.1 Å². The Balaban J connectivity index is 2.43. The van der Waals surface area contributed by atoms with Gasteiger partial charge in [0.25, 0.3) is 23.6 Å². The highest BCUT2D eigenvalue weighted by Crippen LogP contribution is 2.30. The van der Waals surface area contributed by atoms with Crippen LogP contribution in [0.5, 0.6) is 0 Å². The van der Waals surface area contributed by atoms with Crippen LogP contribution >= 0.6 is 0 Å². The first-order chi connectivity index (χ1) is 8.41. The first-order valence-electron chi connectivity index (χ1n) is 5.54. The summed E-state index contributed by atoms with van der Waals surface area (Å²) in [6, 6.07) is 0. The fourth-order valence-electron chi connectivity index (χ4n) is 2.17. The molecule has 0 aromatic carbocycles. The van der Waals surface area contributed by atoms with Gasteiger partial charge in [-0.05, 0) is 13.3 Å². The molecule has 2 aliphatic rings. The third-order valence-corrected chi connectivity index (χ3v) is 3.25. The van der Waals surface area contributed by atoms with Crippen LogP contribution in [0, 0.1) is 0 Å². The van der Waals surface area contributed by atoms with E-state index in [1.807, 2.05) is 0 Å². The van der Waals surface area contributed by atoms with Crippen molar-refractivity contribution in [2.45, 2.75) is 25.9 Å². The summed E-state index contributed by atoms with van der Waals surface area (Å²) in [5.41, 5.74) is -1.27. The van der Waals surface area contributed by atoms with Gasteiger partial charge in [-0.2, -0.15) is 0 Å². The monoisotopic (exact) mass is 248 g/mol. The molecule has 4 amide bonds. The van der Waals surface area contributed by atoms with Crippen LogP contribution in [0.15, 0.2) is 24.3 Å². The largest absolute Gasteiger partial charge is 0.269 e. The highest BCUT2D eigenvalue weighted by molar-refractivity contribution is 6.17. The van der Waals surface area contributed by atoms with Crippen LogP contribution in [-0.2, 0) is 19.2 Å². The number of amides is 4. The standard InChI is InChI=1S/C12H12N2O4/c1-3-12(2,13-8(15)4-5-9(13)16)14-10(17)6-7-11(14)18/h4-7H,3H2,1-2H3. The molecule has 0 bridgehead atoms. The second kappa shape index (κ2) is 3.90. The lowest BCUT2D eigenvalue weighted by molar-refractivity contribution is -0.162. The van der Waals surface area contributed by atoms with Crippen LogP contribution in [0.1, 0.15) is 20.3 Å². The van der Waals surface area contributed by atoms with E-state index in [1.54, 1.807) is 6.92 Å². The molecule has 0 atom stereocenters. The van der Waals surface area contributed by atoms with E-state index >= 15 is 0 Å². The van der Waals surface area contributed by atoms with E-state index in [9.17, 15) is 19.2 Å². The Morgan fingerprint density at radius 1 is 0.833 bits per heavy atom. The predicted octanol–water partition coefficient (Wildman–Crippen LogP) is -0.0374. The molecular formula is C12H12N2O4. The minimum Gasteiger partial charge on any atom is -0.269 e. The van der Waals surface area contributed by atoms with Crippen molar-refractivity contribution in [1.29, 1.82) is 0 Å². The van der Waals surface area contributed by atoms with Crippen molar-refractivity contribution >= 4 is 23.6 Å². The third-order valence-electron chi connectivity index (χ3n) is 3.25. The highest BCUT2D eigenvalue weighted by Gasteiger charge is 2.48. The number of rotatable bonds is 3. The Bertz CT molecular complexity index is 440. The zero-order chi connectivity index (χ0) is 13.5. The van der Waals surface area contributed by atoms with Crippen molar-refractivity contribution in [2.75, 3.05) is 0 Å². The van der Waals surface area contributed by atoms with E-state index in [0.29, 0.717) is 0 Å². The maximum Gasteiger partial charge on any atom is 0.255 e. The Morgan fingerprint density at radius 3 is 1.33 bits per heavy atom. The lowest BCUT2D eigenvalue weighted by Gasteiger charge is -2.42. The van der Waals surface area contributed by atoms with Gasteiger partial charge in [-0.3, -0.25) is 29.0 Å². The molecule has 0 aromatic rings. The van der Waals surface area contributed by atoms with Gasteiger partial charge in [0.05, 0.1) is 0 Å². The molecule has 0 aliphatic carbocycles. The van der Waals surface area contributed by atoms with Crippen molar-refractivity contribution in [2.24, 2.45) is 0 Å². The summed E-state index contributed by atoms with van der Waals surface area (Å²) in [6.45, 7) is 3.23. The predicted molar refractivity (Wildman–Crippen MR) is 60.7 cm³/mol. The van der Waals surface area contributed by atoms with Gasteiger partial charge < -0.3 is 0 Å². The molecule has 0 saturated carbocycles. The first kappa shape index (κ1) is 12.2. The summed E-state index contributed by atoms with van der Waals surface area (Å²) < 4.78 is 0. The average Bonchev–Trinajstić information content (AvgIpc) is 2.83. The molecule has 0 N–H and O–H groups in total. The van der Waals surface area contributed by atoms with Crippen molar-refractivity contribution in [1.82, 2.24) is 9.80 Å². The molecular weight excluding hydrogens is 236 g/mol. The Kier molecular flexibility index (Phi) is 2.65. The average molecular weight is 248 g/mol. The lowest BCUT2D eigenvalue weighted by atomic mass is 10.1. The van der Waals surface area contributed by atoms with Crippen molar-refractivity contribution in [3.05, 3.63) is 24.3 Å². The van der Waals surface area contributed by atoms with Crippen LogP contribution in [0.3, 0.4) is 0 Å². The molecule has 0 spiro atoms. The van der Waals surface area contributed by atoms with Gasteiger partial charge in [-0.1, -0.05) is 6.92 Å². The van der Waals surface area contributed by atoms with Crippen molar-refractivity contribution in [3.8, 4) is 0 Å². The number of nitrogens with zero attached hydrogens (tertiary/aromatic N) is 2. The number of hydrogen-bond acceptors (Lipinski definition) is 4. The topological polar surface area (TPSA) is 74.8 Å². The summed E-state index contributed by atoms with van der Waals surface area (Å²) >= 11 is 0. The quantitative estimate of drug-likeness (QED) is 0.657. The van der Waals surface area contributed by atoms with Gasteiger partial charge in [0.1, 0.15) is 5.66 Å². The number of carbonyl (C=O) groups excluding carboxylic acids is 4. The molecule has 0 fully saturated rings. The van der Waals surface area contributed by atoms with E-state index in [-0.39, 0.29) is 6.42 Å². The van der Waals surface area contributed by atoms with Crippen molar-refractivity contribution in [3.63, 3.8) is 0 Å². The molecule has 18 heavy (non-hydrogen) atoms. The molecule has 2 rings (SSSR count). The minimum atomic E-state index is -1.27. The SMILES string of the molecule is CCC(C)(N1C(=O)C=CC1=O)N1C(=O)C=CC1=O. The maximum absolute atomic E-state index is 11.7. The summed E-state index contributed by atoms with van der Waals surface area (Å²) in [5.74, 6) is -2.07. The van der Waals surface area contributed by atoms with E-state index in [0.717, 1.165) is 34.1 Å². The van der Waals surface area contributed by atoms with E-state index in [2.05, 4.69) is 0 Å². The number of hydrogen-bond donors (Lipinski definition) is 0. The van der Waals surface area contributed by atoms with Gasteiger partial charge in [0.15, 0.2) is 0 Å². The normalized spacial score (nSPS) is 19.7. The molecule has 2 aliphatic heterocycles. The van der Waals surface area contributed by atoms with E-state index < -0.39 is 29.3 Å². The van der Waals surface area contributed by atoms with Crippen LogP contribution in [0.25, 0.3) is 0 Å². The second-order valence-electron chi connectivity index (χ2n) is 4.26.